The zero-order valence-corrected chi connectivity index (χ0v) is 34.7. The lowest BCUT2D eigenvalue weighted by Crippen LogP contribution is -2.00. The van der Waals surface area contributed by atoms with E-state index in [0.717, 1.165) is 105 Å². The molecular weight excluding hydrogens is 807 g/mol. The van der Waals surface area contributed by atoms with Crippen molar-refractivity contribution < 1.29 is 13.3 Å². The molecule has 0 bridgehead atoms. The van der Waals surface area contributed by atoms with Crippen molar-refractivity contribution in [1.82, 2.24) is 15.0 Å². The van der Waals surface area contributed by atoms with Crippen molar-refractivity contribution in [3.05, 3.63) is 188 Å². The van der Waals surface area contributed by atoms with Crippen LogP contribution >= 0.6 is 11.3 Å². The van der Waals surface area contributed by atoms with Crippen LogP contribution in [0.4, 0.5) is 0 Å². The van der Waals surface area contributed by atoms with Gasteiger partial charge in [0.15, 0.2) is 17.5 Å². The van der Waals surface area contributed by atoms with Crippen molar-refractivity contribution in [2.24, 2.45) is 0 Å². The molecule has 0 saturated carbocycles. The molecule has 7 heteroatoms. The zero-order chi connectivity index (χ0) is 41.9. The van der Waals surface area contributed by atoms with Gasteiger partial charge in [-0.15, -0.1) is 11.3 Å². The summed E-state index contributed by atoms with van der Waals surface area (Å²) in [5.41, 5.74) is 11.7. The van der Waals surface area contributed by atoms with Gasteiger partial charge in [0.1, 0.15) is 33.5 Å². The van der Waals surface area contributed by atoms with Gasteiger partial charge in [-0.05, 0) is 71.3 Å². The van der Waals surface area contributed by atoms with Crippen LogP contribution in [0.3, 0.4) is 0 Å². The Morgan fingerprint density at radius 3 is 1.80 bits per heavy atom. The summed E-state index contributed by atoms with van der Waals surface area (Å²) in [5.74, 6) is 1.63. The van der Waals surface area contributed by atoms with Crippen LogP contribution in [0, 0.1) is 0 Å². The minimum Gasteiger partial charge on any atom is -0.456 e. The smallest absolute Gasteiger partial charge is 0.167 e. The van der Waals surface area contributed by atoms with Gasteiger partial charge < -0.3 is 13.3 Å². The first-order chi connectivity index (χ1) is 31.7. The molecule has 6 nitrogen and oxygen atoms in total. The summed E-state index contributed by atoms with van der Waals surface area (Å²) in [6, 6.07) is 65.1. The molecule has 14 aromatic rings. The maximum Gasteiger partial charge on any atom is 0.167 e. The molecule has 0 fully saturated rings. The molecule has 298 valence electrons. The number of hydrogen-bond acceptors (Lipinski definition) is 7. The molecule has 0 amide bonds. The number of benzene rings is 9. The average Bonchev–Trinajstić information content (AvgIpc) is 4.13. The first-order valence-electron chi connectivity index (χ1n) is 21.2. The molecule has 64 heavy (non-hydrogen) atoms. The van der Waals surface area contributed by atoms with Gasteiger partial charge in [0.25, 0.3) is 0 Å². The molecule has 5 heterocycles. The van der Waals surface area contributed by atoms with Crippen LogP contribution in [0.25, 0.3) is 142 Å². The fourth-order valence-corrected chi connectivity index (χ4v) is 10.8. The molecule has 0 spiro atoms. The van der Waals surface area contributed by atoms with Crippen LogP contribution in [0.2, 0.25) is 0 Å². The Labute approximate surface area is 368 Å². The number of aromatic nitrogens is 3. The zero-order valence-electron chi connectivity index (χ0n) is 33.9. The van der Waals surface area contributed by atoms with E-state index in [1.807, 2.05) is 96.3 Å². The Kier molecular flexibility index (Phi) is 7.46. The topological polar surface area (TPSA) is 78.1 Å². The number of thiophene rings is 1. The molecule has 0 aliphatic rings. The van der Waals surface area contributed by atoms with Crippen LogP contribution in [0.15, 0.2) is 201 Å². The Morgan fingerprint density at radius 1 is 0.312 bits per heavy atom. The van der Waals surface area contributed by atoms with Crippen molar-refractivity contribution in [3.63, 3.8) is 0 Å². The standard InChI is InChI=1S/C57H31N3O3S/c1-2-12-32(13-3-1)55-58-56(60-57(59-55)42-19-10-17-39-36-14-4-7-20-44(36)63-54(39)42)41-18-11-22-47-52(41)43-30-34(25-28-46(43)62-47)51-35(27-29-48-53(51)40-16-5-8-21-45(40)61-48)33-24-26-38-37-15-6-9-23-49(37)64-50(38)31-33/h1-31H. The van der Waals surface area contributed by atoms with Gasteiger partial charge >= 0.3 is 0 Å². The van der Waals surface area contributed by atoms with E-state index in [-0.39, 0.29) is 0 Å². The third-order valence-electron chi connectivity index (χ3n) is 12.6. The van der Waals surface area contributed by atoms with Crippen molar-refractivity contribution >= 4 is 97.3 Å². The molecule has 5 aromatic heterocycles. The van der Waals surface area contributed by atoms with E-state index in [4.69, 9.17) is 28.2 Å². The van der Waals surface area contributed by atoms with Gasteiger partial charge in [-0.2, -0.15) is 0 Å². The summed E-state index contributed by atoms with van der Waals surface area (Å²) in [7, 11) is 0. The Balaban J connectivity index is 1.01. The number of furan rings is 3. The number of fused-ring (bicyclic) bond motifs is 12. The summed E-state index contributed by atoms with van der Waals surface area (Å²) in [4.78, 5) is 15.6. The molecular formula is C57H31N3O3S. The molecule has 0 aliphatic heterocycles. The van der Waals surface area contributed by atoms with Gasteiger partial charge in [0, 0.05) is 69.2 Å². The van der Waals surface area contributed by atoms with E-state index in [0.29, 0.717) is 17.5 Å². The lowest BCUT2D eigenvalue weighted by Gasteiger charge is -2.13. The van der Waals surface area contributed by atoms with Crippen molar-refractivity contribution in [1.29, 1.82) is 0 Å². The van der Waals surface area contributed by atoms with Gasteiger partial charge in [0.05, 0.1) is 5.56 Å². The maximum absolute atomic E-state index is 6.66. The van der Waals surface area contributed by atoms with Crippen LogP contribution in [0.1, 0.15) is 0 Å². The molecule has 0 aliphatic carbocycles. The second-order valence-corrected chi connectivity index (χ2v) is 17.3. The summed E-state index contributed by atoms with van der Waals surface area (Å²) in [6.07, 6.45) is 0. The Bertz CT molecular complexity index is 4210. The first kappa shape index (κ1) is 35.2. The molecule has 14 rings (SSSR count). The van der Waals surface area contributed by atoms with Crippen LogP contribution < -0.4 is 0 Å². The minimum atomic E-state index is 0.526. The predicted molar refractivity (Wildman–Crippen MR) is 262 cm³/mol. The van der Waals surface area contributed by atoms with Crippen LogP contribution in [-0.2, 0) is 0 Å². The summed E-state index contributed by atoms with van der Waals surface area (Å²) in [5, 5.41) is 8.64. The van der Waals surface area contributed by atoms with E-state index in [1.165, 1.54) is 20.2 Å². The minimum absolute atomic E-state index is 0.526. The Hall–Kier alpha value is -8.39. The van der Waals surface area contributed by atoms with E-state index in [1.54, 1.807) is 0 Å². The van der Waals surface area contributed by atoms with Crippen molar-refractivity contribution in [2.75, 3.05) is 0 Å². The van der Waals surface area contributed by atoms with E-state index in [9.17, 15) is 0 Å². The normalized spacial score (nSPS) is 12.1. The number of hydrogen-bond donors (Lipinski definition) is 0. The van der Waals surface area contributed by atoms with Gasteiger partial charge in [0.2, 0.25) is 0 Å². The van der Waals surface area contributed by atoms with Crippen molar-refractivity contribution in [2.45, 2.75) is 0 Å². The first-order valence-corrected chi connectivity index (χ1v) is 22.1. The van der Waals surface area contributed by atoms with E-state index >= 15 is 0 Å². The summed E-state index contributed by atoms with van der Waals surface area (Å²) >= 11 is 1.83. The second-order valence-electron chi connectivity index (χ2n) is 16.2. The molecule has 9 aromatic carbocycles. The largest absolute Gasteiger partial charge is 0.456 e. The number of rotatable bonds is 5. The van der Waals surface area contributed by atoms with Gasteiger partial charge in [-0.25, -0.2) is 15.0 Å². The predicted octanol–water partition coefficient (Wildman–Crippen LogP) is 16.3. The van der Waals surface area contributed by atoms with Crippen molar-refractivity contribution in [3.8, 4) is 56.4 Å². The highest BCUT2D eigenvalue weighted by Crippen LogP contribution is 2.47. The maximum atomic E-state index is 6.66. The highest BCUT2D eigenvalue weighted by Gasteiger charge is 2.23. The molecule has 0 N–H and O–H groups in total. The second kappa shape index (κ2) is 13.6. The monoisotopic (exact) mass is 837 g/mol. The van der Waals surface area contributed by atoms with Crippen LogP contribution in [-0.4, -0.2) is 15.0 Å². The highest BCUT2D eigenvalue weighted by atomic mass is 32.1. The summed E-state index contributed by atoms with van der Waals surface area (Å²) in [6.45, 7) is 0. The van der Waals surface area contributed by atoms with E-state index in [2.05, 4.69) is 103 Å². The molecule has 0 unspecified atom stereocenters. The third-order valence-corrected chi connectivity index (χ3v) is 13.7. The highest BCUT2D eigenvalue weighted by molar-refractivity contribution is 7.25. The Morgan fingerprint density at radius 2 is 0.922 bits per heavy atom. The molecule has 0 radical (unpaired) electrons. The lowest BCUT2D eigenvalue weighted by atomic mass is 9.89. The third kappa shape index (κ3) is 5.28. The number of nitrogens with zero attached hydrogens (tertiary/aromatic N) is 3. The van der Waals surface area contributed by atoms with Gasteiger partial charge in [-0.1, -0.05) is 133 Å². The summed E-state index contributed by atoms with van der Waals surface area (Å²) < 4.78 is 22.2. The fourth-order valence-electron chi connectivity index (χ4n) is 9.68. The molecule has 0 saturated heterocycles. The van der Waals surface area contributed by atoms with Crippen LogP contribution in [0.5, 0.6) is 0 Å². The lowest BCUT2D eigenvalue weighted by molar-refractivity contribution is 0.668. The molecule has 0 atom stereocenters. The average molecular weight is 838 g/mol. The van der Waals surface area contributed by atoms with E-state index < -0.39 is 0 Å². The van der Waals surface area contributed by atoms with Gasteiger partial charge in [-0.3, -0.25) is 0 Å². The number of para-hydroxylation sites is 3. The fraction of sp³-hybridized carbons (Fsp3) is 0. The quantitative estimate of drug-likeness (QED) is 0.172. The SMILES string of the molecule is c1ccc(-c2nc(-c3cccc4c3oc3ccccc34)nc(-c3cccc4oc5ccc(-c6c(-c7ccc8c(c7)sc7ccccc78)ccc7oc8ccccc8c67)cc5c34)n2)cc1.